The number of nitrogens with one attached hydrogen (secondary N) is 2. The fraction of sp³-hybridized carbons (Fsp3) is 0.556. The van der Waals surface area contributed by atoms with Crippen molar-refractivity contribution in [1.82, 2.24) is 15.5 Å². The van der Waals surface area contributed by atoms with Crippen LogP contribution in [0.5, 0.6) is 5.75 Å². The van der Waals surface area contributed by atoms with Crippen LogP contribution in [0.1, 0.15) is 48.9 Å². The summed E-state index contributed by atoms with van der Waals surface area (Å²) in [6.07, 6.45) is 5.77. The summed E-state index contributed by atoms with van der Waals surface area (Å²) in [6, 6.07) is 7.63. The van der Waals surface area contributed by atoms with Crippen molar-refractivity contribution in [2.45, 2.75) is 50.3 Å². The Bertz CT molecular complexity index is 647. The zero-order valence-corrected chi connectivity index (χ0v) is 13.7. The van der Waals surface area contributed by atoms with E-state index in [0.717, 1.165) is 12.8 Å². The summed E-state index contributed by atoms with van der Waals surface area (Å²) in [6.45, 7) is 1.17. The van der Waals surface area contributed by atoms with Crippen LogP contribution in [0, 0.1) is 0 Å². The van der Waals surface area contributed by atoms with Crippen LogP contribution in [0.15, 0.2) is 24.3 Å². The first-order chi connectivity index (χ1) is 11.7. The summed E-state index contributed by atoms with van der Waals surface area (Å²) in [5.41, 5.74) is -0.111. The molecule has 3 aliphatic rings. The smallest absolute Gasteiger partial charge is 0.317 e. The number of fused-ring (bicyclic) bond motifs is 1. The Kier molecular flexibility index (Phi) is 3.82. The van der Waals surface area contributed by atoms with Crippen LogP contribution in [0.4, 0.5) is 4.79 Å². The molecule has 0 radical (unpaired) electrons. The van der Waals surface area contributed by atoms with Gasteiger partial charge >= 0.3 is 6.03 Å². The molecule has 1 aromatic rings. The van der Waals surface area contributed by atoms with Crippen molar-refractivity contribution in [3.63, 3.8) is 0 Å². The number of carbonyl (C=O) groups excluding carboxylic acids is 2. The van der Waals surface area contributed by atoms with Gasteiger partial charge in [-0.15, -0.1) is 0 Å². The Morgan fingerprint density at radius 3 is 2.67 bits per heavy atom. The summed E-state index contributed by atoms with van der Waals surface area (Å²) in [7, 11) is 0. The van der Waals surface area contributed by atoms with Crippen molar-refractivity contribution in [3.05, 3.63) is 29.8 Å². The summed E-state index contributed by atoms with van der Waals surface area (Å²) < 4.78 is 6.10. The van der Waals surface area contributed by atoms with E-state index < -0.39 is 5.72 Å². The van der Waals surface area contributed by atoms with Crippen molar-refractivity contribution in [3.8, 4) is 5.75 Å². The minimum absolute atomic E-state index is 0.0132. The molecule has 3 amide bonds. The van der Waals surface area contributed by atoms with E-state index in [1.165, 1.54) is 12.8 Å². The predicted octanol–water partition coefficient (Wildman–Crippen LogP) is 2.25. The number of rotatable bonds is 1. The van der Waals surface area contributed by atoms with Gasteiger partial charge in [-0.05, 0) is 25.0 Å². The maximum absolute atomic E-state index is 12.4. The number of hydrogen-bond acceptors (Lipinski definition) is 3. The second-order valence-corrected chi connectivity index (χ2v) is 6.96. The number of piperidine rings is 1. The van der Waals surface area contributed by atoms with Crippen LogP contribution in [0.2, 0.25) is 0 Å². The van der Waals surface area contributed by atoms with Crippen LogP contribution in [0.25, 0.3) is 0 Å². The predicted molar refractivity (Wildman–Crippen MR) is 88.9 cm³/mol. The van der Waals surface area contributed by atoms with Gasteiger partial charge in [-0.25, -0.2) is 4.79 Å². The highest BCUT2D eigenvalue weighted by Gasteiger charge is 2.43. The van der Waals surface area contributed by atoms with Crippen molar-refractivity contribution in [2.75, 3.05) is 13.1 Å². The van der Waals surface area contributed by atoms with Crippen LogP contribution in [0.3, 0.4) is 0 Å². The third-order valence-corrected chi connectivity index (χ3v) is 5.32. The Balaban J connectivity index is 1.39. The van der Waals surface area contributed by atoms with Crippen LogP contribution in [-0.2, 0) is 0 Å². The molecular formula is C18H23N3O3. The van der Waals surface area contributed by atoms with Gasteiger partial charge in [-0.2, -0.15) is 0 Å². The van der Waals surface area contributed by atoms with E-state index >= 15 is 0 Å². The first-order valence-corrected chi connectivity index (χ1v) is 8.81. The van der Waals surface area contributed by atoms with Crippen molar-refractivity contribution in [2.24, 2.45) is 0 Å². The summed E-state index contributed by atoms with van der Waals surface area (Å²) in [5, 5.41) is 6.12. The number of carbonyl (C=O) groups is 2. The molecule has 24 heavy (non-hydrogen) atoms. The lowest BCUT2D eigenvalue weighted by atomic mass is 9.97. The van der Waals surface area contributed by atoms with Gasteiger partial charge in [0, 0.05) is 32.0 Å². The quantitative estimate of drug-likeness (QED) is 0.830. The first-order valence-electron chi connectivity index (χ1n) is 8.81. The molecule has 4 rings (SSSR count). The van der Waals surface area contributed by atoms with Crippen molar-refractivity contribution >= 4 is 11.9 Å². The second kappa shape index (κ2) is 6.00. The first kappa shape index (κ1) is 15.3. The van der Waals surface area contributed by atoms with Crippen molar-refractivity contribution < 1.29 is 14.3 Å². The average molecular weight is 329 g/mol. The van der Waals surface area contributed by atoms with Gasteiger partial charge in [0.05, 0.1) is 5.56 Å². The van der Waals surface area contributed by atoms with Gasteiger partial charge in [0.2, 0.25) is 0 Å². The molecule has 1 saturated heterocycles. The van der Waals surface area contributed by atoms with E-state index in [9.17, 15) is 9.59 Å². The van der Waals surface area contributed by atoms with Crippen molar-refractivity contribution in [1.29, 1.82) is 0 Å². The molecule has 1 saturated carbocycles. The molecule has 0 aromatic heterocycles. The molecule has 6 heteroatoms. The lowest BCUT2D eigenvalue weighted by Gasteiger charge is -2.44. The zero-order chi connectivity index (χ0) is 16.6. The van der Waals surface area contributed by atoms with Crippen LogP contribution in [-0.4, -0.2) is 41.7 Å². The third kappa shape index (κ3) is 2.81. The highest BCUT2D eigenvalue weighted by molar-refractivity contribution is 5.98. The largest absolute Gasteiger partial charge is 0.467 e. The van der Waals surface area contributed by atoms with E-state index in [0.29, 0.717) is 43.3 Å². The van der Waals surface area contributed by atoms with Gasteiger partial charge < -0.3 is 20.3 Å². The lowest BCUT2D eigenvalue weighted by Crippen LogP contribution is -2.62. The third-order valence-electron chi connectivity index (χ3n) is 5.32. The molecule has 0 atom stereocenters. The molecular weight excluding hydrogens is 306 g/mol. The second-order valence-electron chi connectivity index (χ2n) is 6.96. The maximum atomic E-state index is 12.4. The van der Waals surface area contributed by atoms with E-state index in [2.05, 4.69) is 10.6 Å². The van der Waals surface area contributed by atoms with Crippen LogP contribution >= 0.6 is 0 Å². The van der Waals surface area contributed by atoms with E-state index in [1.807, 2.05) is 23.1 Å². The van der Waals surface area contributed by atoms with E-state index in [-0.39, 0.29) is 11.9 Å². The molecule has 1 aromatic carbocycles. The number of urea groups is 1. The fourth-order valence-corrected chi connectivity index (χ4v) is 3.89. The minimum Gasteiger partial charge on any atom is -0.467 e. The summed E-state index contributed by atoms with van der Waals surface area (Å²) in [5.74, 6) is 0.533. The highest BCUT2D eigenvalue weighted by Crippen LogP contribution is 2.33. The molecule has 2 aliphatic heterocycles. The van der Waals surface area contributed by atoms with Gasteiger partial charge in [0.25, 0.3) is 5.91 Å². The number of para-hydroxylation sites is 1. The number of hydrogen-bond donors (Lipinski definition) is 2. The van der Waals surface area contributed by atoms with Crippen LogP contribution < -0.4 is 15.4 Å². The SMILES string of the molecule is O=C1NC2(CCN(C(=O)NC3CCCC3)CC2)Oc2ccccc21. The number of nitrogens with zero attached hydrogens (tertiary/aromatic N) is 1. The molecule has 0 unspecified atom stereocenters. The lowest BCUT2D eigenvalue weighted by molar-refractivity contribution is -0.0213. The topological polar surface area (TPSA) is 70.7 Å². The Morgan fingerprint density at radius 2 is 1.92 bits per heavy atom. The average Bonchev–Trinajstić information content (AvgIpc) is 3.08. The number of amides is 3. The highest BCUT2D eigenvalue weighted by atomic mass is 16.5. The molecule has 2 fully saturated rings. The van der Waals surface area contributed by atoms with Gasteiger partial charge in [-0.3, -0.25) is 4.79 Å². The summed E-state index contributed by atoms with van der Waals surface area (Å²) >= 11 is 0. The fourth-order valence-electron chi connectivity index (χ4n) is 3.89. The molecule has 2 N–H and O–H groups in total. The zero-order valence-electron chi connectivity index (χ0n) is 13.7. The molecule has 1 aliphatic carbocycles. The molecule has 0 bridgehead atoms. The minimum atomic E-state index is -0.685. The monoisotopic (exact) mass is 329 g/mol. The Labute approximate surface area is 141 Å². The number of benzene rings is 1. The summed E-state index contributed by atoms with van der Waals surface area (Å²) in [4.78, 5) is 26.5. The van der Waals surface area contributed by atoms with E-state index in [4.69, 9.17) is 4.74 Å². The molecule has 2 heterocycles. The maximum Gasteiger partial charge on any atom is 0.317 e. The normalized spacial score (nSPS) is 22.7. The number of likely N-dealkylation sites (tertiary alicyclic amines) is 1. The van der Waals surface area contributed by atoms with Gasteiger partial charge in [0.1, 0.15) is 5.75 Å². The Morgan fingerprint density at radius 1 is 1.21 bits per heavy atom. The van der Waals surface area contributed by atoms with Gasteiger partial charge in [0.15, 0.2) is 5.72 Å². The molecule has 128 valence electrons. The standard InChI is InChI=1S/C18H23N3O3/c22-16-14-7-3-4-8-15(14)24-18(20-16)9-11-21(12-10-18)17(23)19-13-5-1-2-6-13/h3-4,7-8,13H,1-2,5-6,9-12H2,(H,19,23)(H,20,22). The van der Waals surface area contributed by atoms with Gasteiger partial charge in [-0.1, -0.05) is 25.0 Å². The Hall–Kier alpha value is -2.24. The number of ether oxygens (including phenoxy) is 1. The molecule has 1 spiro atoms. The molecule has 6 nitrogen and oxygen atoms in total. The van der Waals surface area contributed by atoms with E-state index in [1.54, 1.807) is 6.07 Å².